The number of nitrogens with zero attached hydrogens (tertiary/aromatic N) is 1. The van der Waals surface area contributed by atoms with E-state index in [1.165, 1.54) is 11.1 Å². The third-order valence-corrected chi connectivity index (χ3v) is 5.93. The van der Waals surface area contributed by atoms with Crippen molar-refractivity contribution in [3.63, 3.8) is 0 Å². The molecule has 1 aliphatic heterocycles. The van der Waals surface area contributed by atoms with Crippen molar-refractivity contribution in [1.82, 2.24) is 15.6 Å². The maximum atomic E-state index is 12.4. The first-order chi connectivity index (χ1) is 15.2. The van der Waals surface area contributed by atoms with Crippen LogP contribution in [0.25, 0.3) is 0 Å². The first-order valence-corrected chi connectivity index (χ1v) is 11.1. The SMILES string of the molecule is O=C(NCCc1ccncc1)c1ccc(CNc2c(Cl)ccc3c2CCNCC3)cc1. The molecule has 0 spiro atoms. The second-order valence-corrected chi connectivity index (χ2v) is 8.13. The van der Waals surface area contributed by atoms with Gasteiger partial charge in [-0.15, -0.1) is 0 Å². The summed E-state index contributed by atoms with van der Waals surface area (Å²) in [7, 11) is 0. The topological polar surface area (TPSA) is 66.0 Å². The van der Waals surface area contributed by atoms with Crippen LogP contribution in [-0.2, 0) is 25.8 Å². The predicted octanol–water partition coefficient (Wildman–Crippen LogP) is 4.01. The second-order valence-electron chi connectivity index (χ2n) is 7.72. The van der Waals surface area contributed by atoms with Gasteiger partial charge in [-0.2, -0.15) is 0 Å². The molecule has 0 unspecified atom stereocenters. The van der Waals surface area contributed by atoms with Crippen molar-refractivity contribution in [2.75, 3.05) is 25.0 Å². The third-order valence-electron chi connectivity index (χ3n) is 5.62. The van der Waals surface area contributed by atoms with Crippen molar-refractivity contribution in [3.05, 3.63) is 93.8 Å². The molecule has 0 aliphatic carbocycles. The molecule has 31 heavy (non-hydrogen) atoms. The number of carbonyl (C=O) groups is 1. The van der Waals surface area contributed by atoms with E-state index in [1.54, 1.807) is 12.4 Å². The number of aromatic nitrogens is 1. The molecule has 3 N–H and O–H groups in total. The van der Waals surface area contributed by atoms with E-state index >= 15 is 0 Å². The highest BCUT2D eigenvalue weighted by Gasteiger charge is 2.14. The van der Waals surface area contributed by atoms with Gasteiger partial charge in [0.15, 0.2) is 0 Å². The van der Waals surface area contributed by atoms with Crippen LogP contribution in [0.3, 0.4) is 0 Å². The van der Waals surface area contributed by atoms with E-state index < -0.39 is 0 Å². The highest BCUT2D eigenvalue weighted by molar-refractivity contribution is 6.33. The van der Waals surface area contributed by atoms with Crippen molar-refractivity contribution in [2.24, 2.45) is 0 Å². The Morgan fingerprint density at radius 2 is 1.74 bits per heavy atom. The van der Waals surface area contributed by atoms with Gasteiger partial charge in [-0.25, -0.2) is 0 Å². The molecule has 1 amide bonds. The molecule has 6 heteroatoms. The summed E-state index contributed by atoms with van der Waals surface area (Å²) in [6.07, 6.45) is 6.30. The average molecular weight is 435 g/mol. The van der Waals surface area contributed by atoms with E-state index in [0.29, 0.717) is 18.7 Å². The van der Waals surface area contributed by atoms with Gasteiger partial charge in [0.1, 0.15) is 0 Å². The summed E-state index contributed by atoms with van der Waals surface area (Å²) in [6.45, 7) is 3.22. The fourth-order valence-electron chi connectivity index (χ4n) is 3.87. The minimum absolute atomic E-state index is 0.0579. The molecule has 0 radical (unpaired) electrons. The Labute approximate surface area is 188 Å². The highest BCUT2D eigenvalue weighted by Crippen LogP contribution is 2.31. The zero-order chi connectivity index (χ0) is 21.5. The summed E-state index contributed by atoms with van der Waals surface area (Å²) in [5, 5.41) is 10.7. The summed E-state index contributed by atoms with van der Waals surface area (Å²) >= 11 is 6.50. The van der Waals surface area contributed by atoms with Crippen LogP contribution in [0.1, 0.15) is 32.6 Å². The highest BCUT2D eigenvalue weighted by atomic mass is 35.5. The van der Waals surface area contributed by atoms with Gasteiger partial charge in [-0.05, 0) is 84.9 Å². The number of rotatable bonds is 7. The molecule has 0 saturated carbocycles. The largest absolute Gasteiger partial charge is 0.380 e. The number of carbonyl (C=O) groups excluding carboxylic acids is 1. The Kier molecular flexibility index (Phi) is 7.18. The van der Waals surface area contributed by atoms with Crippen LogP contribution in [0.15, 0.2) is 60.9 Å². The molecule has 2 heterocycles. The Morgan fingerprint density at radius 3 is 2.55 bits per heavy atom. The molecule has 3 aromatic rings. The number of amides is 1. The van der Waals surface area contributed by atoms with E-state index in [0.717, 1.165) is 54.2 Å². The molecular formula is C25H27ClN4O. The van der Waals surface area contributed by atoms with Gasteiger partial charge in [0, 0.05) is 31.0 Å². The van der Waals surface area contributed by atoms with Gasteiger partial charge < -0.3 is 16.0 Å². The molecule has 0 fully saturated rings. The van der Waals surface area contributed by atoms with Crippen molar-refractivity contribution in [3.8, 4) is 0 Å². The van der Waals surface area contributed by atoms with E-state index in [4.69, 9.17) is 11.6 Å². The zero-order valence-electron chi connectivity index (χ0n) is 17.5. The monoisotopic (exact) mass is 434 g/mol. The number of halogens is 1. The quantitative estimate of drug-likeness (QED) is 0.525. The smallest absolute Gasteiger partial charge is 0.251 e. The van der Waals surface area contributed by atoms with Crippen LogP contribution in [0.5, 0.6) is 0 Å². The number of hydrogen-bond acceptors (Lipinski definition) is 4. The molecule has 4 rings (SSSR count). The third kappa shape index (κ3) is 5.63. The number of fused-ring (bicyclic) bond motifs is 1. The summed E-state index contributed by atoms with van der Waals surface area (Å²) in [4.78, 5) is 16.4. The van der Waals surface area contributed by atoms with Gasteiger partial charge in [0.05, 0.1) is 10.7 Å². The van der Waals surface area contributed by atoms with E-state index in [-0.39, 0.29) is 5.91 Å². The number of nitrogens with one attached hydrogen (secondary N) is 3. The van der Waals surface area contributed by atoms with Crippen LogP contribution >= 0.6 is 11.6 Å². The van der Waals surface area contributed by atoms with E-state index in [9.17, 15) is 4.79 Å². The molecule has 0 saturated heterocycles. The number of pyridine rings is 1. The lowest BCUT2D eigenvalue weighted by molar-refractivity contribution is 0.0954. The van der Waals surface area contributed by atoms with Crippen LogP contribution in [0.2, 0.25) is 5.02 Å². The average Bonchev–Trinajstić information content (AvgIpc) is 3.05. The second kappa shape index (κ2) is 10.4. The lowest BCUT2D eigenvalue weighted by Crippen LogP contribution is -2.25. The fraction of sp³-hybridized carbons (Fsp3) is 0.280. The van der Waals surface area contributed by atoms with E-state index in [1.807, 2.05) is 42.5 Å². The summed E-state index contributed by atoms with van der Waals surface area (Å²) in [5.74, 6) is -0.0579. The van der Waals surface area contributed by atoms with Crippen molar-refractivity contribution in [2.45, 2.75) is 25.8 Å². The Balaban J connectivity index is 1.33. The van der Waals surface area contributed by atoms with Crippen molar-refractivity contribution < 1.29 is 4.79 Å². The van der Waals surface area contributed by atoms with Gasteiger partial charge in [-0.1, -0.05) is 29.8 Å². The van der Waals surface area contributed by atoms with Crippen molar-refractivity contribution >= 4 is 23.2 Å². The number of anilines is 1. The number of benzene rings is 2. The normalized spacial score (nSPS) is 13.2. The van der Waals surface area contributed by atoms with Crippen molar-refractivity contribution in [1.29, 1.82) is 0 Å². The molecule has 5 nitrogen and oxygen atoms in total. The molecule has 1 aliphatic rings. The van der Waals surface area contributed by atoms with Crippen LogP contribution in [0.4, 0.5) is 5.69 Å². The van der Waals surface area contributed by atoms with Gasteiger partial charge >= 0.3 is 0 Å². The first kappa shape index (κ1) is 21.3. The van der Waals surface area contributed by atoms with Crippen LogP contribution in [0, 0.1) is 0 Å². The molecule has 0 atom stereocenters. The Morgan fingerprint density at radius 1 is 0.968 bits per heavy atom. The minimum atomic E-state index is -0.0579. The van der Waals surface area contributed by atoms with Crippen LogP contribution < -0.4 is 16.0 Å². The molecule has 0 bridgehead atoms. The predicted molar refractivity (Wildman–Crippen MR) is 126 cm³/mol. The van der Waals surface area contributed by atoms with Crippen LogP contribution in [-0.4, -0.2) is 30.5 Å². The molecule has 1 aromatic heterocycles. The van der Waals surface area contributed by atoms with Gasteiger partial charge in [0.2, 0.25) is 0 Å². The summed E-state index contributed by atoms with van der Waals surface area (Å²) in [6, 6.07) is 15.8. The minimum Gasteiger partial charge on any atom is -0.380 e. The van der Waals surface area contributed by atoms with E-state index in [2.05, 4.69) is 27.0 Å². The fourth-order valence-corrected chi connectivity index (χ4v) is 4.11. The zero-order valence-corrected chi connectivity index (χ0v) is 18.2. The molecule has 2 aromatic carbocycles. The summed E-state index contributed by atoms with van der Waals surface area (Å²) < 4.78 is 0. The number of hydrogen-bond donors (Lipinski definition) is 3. The maximum absolute atomic E-state index is 12.4. The maximum Gasteiger partial charge on any atom is 0.251 e. The Bertz CT molecular complexity index is 1020. The standard InChI is InChI=1S/C25H27ClN4O/c26-23-6-5-20-10-14-28-15-11-22(20)24(23)30-17-19-1-3-21(4-2-19)25(31)29-16-9-18-7-12-27-13-8-18/h1-8,12-13,28,30H,9-11,14-17H2,(H,29,31). The Hall–Kier alpha value is -2.89. The van der Waals surface area contributed by atoms with Gasteiger partial charge in [-0.3, -0.25) is 9.78 Å². The molecular weight excluding hydrogens is 408 g/mol. The van der Waals surface area contributed by atoms with Gasteiger partial charge in [0.25, 0.3) is 5.91 Å². The summed E-state index contributed by atoms with van der Waals surface area (Å²) in [5.41, 5.74) is 6.62. The first-order valence-electron chi connectivity index (χ1n) is 10.7. The molecule has 160 valence electrons. The lowest BCUT2D eigenvalue weighted by atomic mass is 10.0. The lowest BCUT2D eigenvalue weighted by Gasteiger charge is -2.16.